The fraction of sp³-hybridized carbons (Fsp3) is 0.655. The average molecular weight is 513 g/mol. The standard InChI is InChI=1S/C29H44N4O4/c1-6-27(25(35)33(8-3)26(36)30-7-2)12-13-29(37)24-18-21-10-11-22(34)19-23(21)28(29,20-27)14-17-32(24)16-9-15-31(4)5/h6,10-11,19,24,34,37H,1,7-9,12-18,20H2,2-5H3,(H,30,36). The summed E-state index contributed by atoms with van der Waals surface area (Å²) in [7, 11) is 4.15. The summed E-state index contributed by atoms with van der Waals surface area (Å²) in [6, 6.07) is 5.02. The molecule has 8 heteroatoms. The molecule has 2 bridgehead atoms. The predicted molar refractivity (Wildman–Crippen MR) is 145 cm³/mol. The highest BCUT2D eigenvalue weighted by Crippen LogP contribution is 2.62. The molecule has 3 aliphatic rings. The number of nitrogens with zero attached hydrogens (tertiary/aromatic N) is 3. The van der Waals surface area contributed by atoms with Gasteiger partial charge in [0.25, 0.3) is 0 Å². The molecular weight excluding hydrogens is 468 g/mol. The van der Waals surface area contributed by atoms with Crippen LogP contribution in [0.3, 0.4) is 0 Å². The number of hydrogen-bond donors (Lipinski definition) is 3. The molecule has 3 amide bonds. The summed E-state index contributed by atoms with van der Waals surface area (Å²) in [6.45, 7) is 11.1. The van der Waals surface area contributed by atoms with Crippen LogP contribution in [0.1, 0.15) is 57.1 Å². The van der Waals surface area contributed by atoms with E-state index in [1.54, 1.807) is 25.1 Å². The van der Waals surface area contributed by atoms with E-state index in [0.717, 1.165) is 37.2 Å². The van der Waals surface area contributed by atoms with Crippen LogP contribution in [0.15, 0.2) is 30.9 Å². The highest BCUT2D eigenvalue weighted by molar-refractivity contribution is 5.98. The van der Waals surface area contributed by atoms with Crippen molar-refractivity contribution in [1.82, 2.24) is 20.0 Å². The number of urea groups is 1. The smallest absolute Gasteiger partial charge is 0.324 e. The first-order chi connectivity index (χ1) is 17.6. The van der Waals surface area contributed by atoms with E-state index >= 15 is 0 Å². The van der Waals surface area contributed by atoms with Gasteiger partial charge in [0.2, 0.25) is 5.91 Å². The zero-order valence-corrected chi connectivity index (χ0v) is 22.9. The van der Waals surface area contributed by atoms with Crippen molar-refractivity contribution in [3.8, 4) is 5.75 Å². The summed E-state index contributed by atoms with van der Waals surface area (Å²) >= 11 is 0. The van der Waals surface area contributed by atoms with Crippen molar-refractivity contribution >= 4 is 11.9 Å². The molecule has 2 aliphatic carbocycles. The number of rotatable bonds is 8. The predicted octanol–water partition coefficient (Wildman–Crippen LogP) is 2.88. The third-order valence-electron chi connectivity index (χ3n) is 9.24. The Kier molecular flexibility index (Phi) is 7.75. The van der Waals surface area contributed by atoms with Gasteiger partial charge in [-0.05, 0) is 109 Å². The van der Waals surface area contributed by atoms with E-state index in [9.17, 15) is 19.8 Å². The van der Waals surface area contributed by atoms with Gasteiger partial charge in [-0.2, -0.15) is 0 Å². The molecule has 4 atom stereocenters. The molecule has 4 unspecified atom stereocenters. The van der Waals surface area contributed by atoms with E-state index in [2.05, 4.69) is 35.8 Å². The Morgan fingerprint density at radius 3 is 2.65 bits per heavy atom. The lowest BCUT2D eigenvalue weighted by Crippen LogP contribution is -2.74. The molecule has 1 saturated heterocycles. The molecular formula is C29H44N4O4. The van der Waals surface area contributed by atoms with E-state index < -0.39 is 22.5 Å². The molecule has 0 spiro atoms. The van der Waals surface area contributed by atoms with Gasteiger partial charge in [-0.25, -0.2) is 4.79 Å². The second-order valence-electron chi connectivity index (χ2n) is 11.4. The van der Waals surface area contributed by atoms with Crippen LogP contribution in [0.2, 0.25) is 0 Å². The lowest BCUT2D eigenvalue weighted by atomic mass is 9.45. The van der Waals surface area contributed by atoms with Gasteiger partial charge in [-0.3, -0.25) is 14.6 Å². The van der Waals surface area contributed by atoms with Gasteiger partial charge in [0.15, 0.2) is 0 Å². The van der Waals surface area contributed by atoms with Crippen molar-refractivity contribution in [1.29, 1.82) is 0 Å². The van der Waals surface area contributed by atoms with Crippen LogP contribution in [-0.2, 0) is 16.6 Å². The number of piperidine rings is 1. The normalized spacial score (nSPS) is 30.8. The Balaban J connectivity index is 1.76. The van der Waals surface area contributed by atoms with Crippen LogP contribution < -0.4 is 5.32 Å². The maximum Gasteiger partial charge on any atom is 0.324 e. The minimum Gasteiger partial charge on any atom is -0.508 e. The maximum atomic E-state index is 14.0. The Morgan fingerprint density at radius 1 is 1.24 bits per heavy atom. The minimum atomic E-state index is -1.04. The summed E-state index contributed by atoms with van der Waals surface area (Å²) in [5, 5.41) is 25.8. The second-order valence-corrected chi connectivity index (χ2v) is 11.4. The zero-order chi connectivity index (χ0) is 27.0. The fourth-order valence-electron chi connectivity index (χ4n) is 7.37. The summed E-state index contributed by atoms with van der Waals surface area (Å²) < 4.78 is 0. The molecule has 0 radical (unpaired) electrons. The van der Waals surface area contributed by atoms with Gasteiger partial charge in [0.05, 0.1) is 11.0 Å². The Hall–Kier alpha value is -2.42. The topological polar surface area (TPSA) is 96.3 Å². The molecule has 1 heterocycles. The molecule has 3 N–H and O–H groups in total. The molecule has 0 aromatic heterocycles. The Bertz CT molecular complexity index is 1040. The van der Waals surface area contributed by atoms with Gasteiger partial charge >= 0.3 is 6.03 Å². The number of amides is 3. The van der Waals surface area contributed by atoms with Crippen molar-refractivity contribution in [2.24, 2.45) is 5.41 Å². The van der Waals surface area contributed by atoms with Gasteiger partial charge < -0.3 is 20.4 Å². The number of benzene rings is 1. The van der Waals surface area contributed by atoms with Crippen molar-refractivity contribution < 1.29 is 19.8 Å². The average Bonchev–Trinajstić information content (AvgIpc) is 2.86. The number of phenolic OH excluding ortho intramolecular Hbond substituents is 1. The van der Waals surface area contributed by atoms with Crippen molar-refractivity contribution in [3.63, 3.8) is 0 Å². The number of carbonyl (C=O) groups excluding carboxylic acids is 2. The molecule has 8 nitrogen and oxygen atoms in total. The third kappa shape index (κ3) is 4.47. The van der Waals surface area contributed by atoms with E-state index in [1.165, 1.54) is 4.90 Å². The van der Waals surface area contributed by atoms with Crippen molar-refractivity contribution in [2.45, 2.75) is 69.4 Å². The van der Waals surface area contributed by atoms with Crippen LogP contribution in [-0.4, -0.2) is 95.3 Å². The number of likely N-dealkylation sites (tertiary alicyclic amines) is 1. The maximum absolute atomic E-state index is 14.0. The van der Waals surface area contributed by atoms with Crippen LogP contribution in [0.4, 0.5) is 4.79 Å². The molecule has 1 aromatic carbocycles. The summed E-state index contributed by atoms with van der Waals surface area (Å²) in [5.74, 6) is -0.0921. The lowest BCUT2D eigenvalue weighted by molar-refractivity contribution is -0.187. The van der Waals surface area contributed by atoms with Crippen LogP contribution in [0, 0.1) is 5.41 Å². The fourth-order valence-corrected chi connectivity index (χ4v) is 7.37. The van der Waals surface area contributed by atoms with Crippen LogP contribution in [0.25, 0.3) is 0 Å². The molecule has 204 valence electrons. The number of aromatic hydroxyl groups is 1. The molecule has 2 fully saturated rings. The van der Waals surface area contributed by atoms with Crippen LogP contribution >= 0.6 is 0 Å². The third-order valence-corrected chi connectivity index (χ3v) is 9.24. The van der Waals surface area contributed by atoms with Crippen molar-refractivity contribution in [3.05, 3.63) is 42.0 Å². The number of carbonyl (C=O) groups is 2. The number of fused-ring (bicyclic) bond motifs is 1. The number of phenols is 1. The quantitative estimate of drug-likeness (QED) is 0.464. The molecule has 37 heavy (non-hydrogen) atoms. The Morgan fingerprint density at radius 2 is 2.00 bits per heavy atom. The largest absolute Gasteiger partial charge is 0.508 e. The molecule has 1 aromatic rings. The minimum absolute atomic E-state index is 0.0657. The molecule has 4 rings (SSSR count). The Labute approximate surface area is 221 Å². The second kappa shape index (κ2) is 10.4. The highest BCUT2D eigenvalue weighted by atomic mass is 16.3. The first-order valence-corrected chi connectivity index (χ1v) is 13.7. The van der Waals surface area contributed by atoms with Gasteiger partial charge in [0, 0.05) is 24.5 Å². The van der Waals surface area contributed by atoms with Crippen LogP contribution in [0.5, 0.6) is 5.75 Å². The number of aliphatic hydroxyl groups is 1. The van der Waals surface area contributed by atoms with E-state index in [0.29, 0.717) is 38.6 Å². The summed E-state index contributed by atoms with van der Waals surface area (Å²) in [4.78, 5) is 32.7. The first kappa shape index (κ1) is 27.6. The summed E-state index contributed by atoms with van der Waals surface area (Å²) in [5.41, 5.74) is -0.678. The monoisotopic (exact) mass is 512 g/mol. The zero-order valence-electron chi connectivity index (χ0n) is 22.9. The SMILES string of the molecule is C=CC1(C(=O)N(CC)C(=O)NCC)CCC2(O)C3Cc4ccc(O)cc4C2(CCN3CCCN(C)C)C1. The van der Waals surface area contributed by atoms with E-state index in [4.69, 9.17) is 0 Å². The number of hydrogen-bond acceptors (Lipinski definition) is 6. The summed E-state index contributed by atoms with van der Waals surface area (Å²) in [6.07, 6.45) is 5.34. The highest BCUT2D eigenvalue weighted by Gasteiger charge is 2.67. The van der Waals surface area contributed by atoms with Gasteiger partial charge in [-0.15, -0.1) is 6.58 Å². The molecule has 1 aliphatic heterocycles. The number of nitrogens with one attached hydrogen (secondary N) is 1. The van der Waals surface area contributed by atoms with E-state index in [-0.39, 0.29) is 24.2 Å². The molecule has 1 saturated carbocycles. The van der Waals surface area contributed by atoms with Crippen molar-refractivity contribution in [2.75, 3.05) is 46.8 Å². The van der Waals surface area contributed by atoms with Gasteiger partial charge in [0.1, 0.15) is 5.75 Å². The van der Waals surface area contributed by atoms with E-state index in [1.807, 2.05) is 13.0 Å². The van der Waals surface area contributed by atoms with Gasteiger partial charge in [-0.1, -0.05) is 12.1 Å². The first-order valence-electron chi connectivity index (χ1n) is 13.7. The lowest BCUT2D eigenvalue weighted by Gasteiger charge is -2.66. The number of imide groups is 1.